The molecule has 0 saturated carbocycles. The minimum atomic E-state index is 0. The van der Waals surface area contributed by atoms with E-state index in [9.17, 15) is 4.79 Å². The van der Waals surface area contributed by atoms with E-state index in [2.05, 4.69) is 20.5 Å². The number of benzene rings is 1. The zero-order valence-corrected chi connectivity index (χ0v) is 16.5. The second-order valence-corrected chi connectivity index (χ2v) is 5.46. The highest BCUT2D eigenvalue weighted by Crippen LogP contribution is 2.19. The highest BCUT2D eigenvalue weighted by atomic mass is 127. The minimum absolute atomic E-state index is 0. The molecule has 0 bridgehead atoms. The molecule has 23 heavy (non-hydrogen) atoms. The van der Waals surface area contributed by atoms with Crippen molar-refractivity contribution in [2.75, 3.05) is 51.7 Å². The predicted octanol–water partition coefficient (Wildman–Crippen LogP) is 1.40. The van der Waals surface area contributed by atoms with Crippen LogP contribution >= 0.6 is 35.6 Å². The van der Waals surface area contributed by atoms with Crippen LogP contribution in [0.15, 0.2) is 29.3 Å². The van der Waals surface area contributed by atoms with Gasteiger partial charge in [-0.25, -0.2) is 0 Å². The Morgan fingerprint density at radius 1 is 1.22 bits per heavy atom. The lowest BCUT2D eigenvalue weighted by Crippen LogP contribution is -2.52. The number of hydrogen-bond acceptors (Lipinski definition) is 3. The van der Waals surface area contributed by atoms with Crippen molar-refractivity contribution in [1.82, 2.24) is 15.5 Å². The van der Waals surface area contributed by atoms with Crippen LogP contribution in [0.4, 0.5) is 5.69 Å². The van der Waals surface area contributed by atoms with E-state index in [4.69, 9.17) is 11.6 Å². The second-order valence-electron chi connectivity index (χ2n) is 5.02. The van der Waals surface area contributed by atoms with E-state index >= 15 is 0 Å². The summed E-state index contributed by atoms with van der Waals surface area (Å²) in [4.78, 5) is 20.3. The summed E-state index contributed by atoms with van der Waals surface area (Å²) in [5, 5.41) is 6.61. The van der Waals surface area contributed by atoms with E-state index in [1.165, 1.54) is 0 Å². The fourth-order valence-electron chi connectivity index (χ4n) is 2.42. The predicted molar refractivity (Wildman–Crippen MR) is 106 cm³/mol. The standard InChI is InChI=1S/C15H22ClN5O.HI/c1-17-15(18-2)19-11-14(22)21-9-7-20(8-10-21)13-5-3-12(16)4-6-13;/h3-6H,7-11H2,1-2H3,(H2,17,18,19);1H. The van der Waals surface area contributed by atoms with Crippen LogP contribution in [0.25, 0.3) is 0 Å². The molecule has 0 aromatic heterocycles. The largest absolute Gasteiger partial charge is 0.368 e. The summed E-state index contributed by atoms with van der Waals surface area (Å²) >= 11 is 5.91. The van der Waals surface area contributed by atoms with Crippen LogP contribution in [0.2, 0.25) is 5.02 Å². The molecule has 8 heteroatoms. The molecule has 1 aromatic rings. The fraction of sp³-hybridized carbons (Fsp3) is 0.467. The second kappa shape index (κ2) is 9.82. The number of hydrogen-bond donors (Lipinski definition) is 2. The van der Waals surface area contributed by atoms with Gasteiger partial charge in [0, 0.05) is 51.0 Å². The molecule has 0 atom stereocenters. The quantitative estimate of drug-likeness (QED) is 0.414. The molecular weight excluding hydrogens is 429 g/mol. The Morgan fingerprint density at radius 2 is 1.83 bits per heavy atom. The van der Waals surface area contributed by atoms with Crippen LogP contribution in [0.5, 0.6) is 0 Å². The first kappa shape index (κ1) is 19.8. The Labute approximate surface area is 159 Å². The van der Waals surface area contributed by atoms with Gasteiger partial charge in [0.15, 0.2) is 5.96 Å². The molecule has 1 aromatic carbocycles. The Morgan fingerprint density at radius 3 is 2.35 bits per heavy atom. The van der Waals surface area contributed by atoms with Gasteiger partial charge in [0.1, 0.15) is 0 Å². The van der Waals surface area contributed by atoms with Gasteiger partial charge in [-0.15, -0.1) is 24.0 Å². The van der Waals surface area contributed by atoms with Crippen molar-refractivity contribution < 1.29 is 4.79 Å². The van der Waals surface area contributed by atoms with Gasteiger partial charge in [-0.3, -0.25) is 9.79 Å². The smallest absolute Gasteiger partial charge is 0.242 e. The highest BCUT2D eigenvalue weighted by molar-refractivity contribution is 14.0. The lowest BCUT2D eigenvalue weighted by molar-refractivity contribution is -0.130. The minimum Gasteiger partial charge on any atom is -0.368 e. The SMILES string of the molecule is CN=C(NC)NCC(=O)N1CCN(c2ccc(Cl)cc2)CC1.I. The summed E-state index contributed by atoms with van der Waals surface area (Å²) in [5.74, 6) is 0.709. The van der Waals surface area contributed by atoms with Crippen LogP contribution < -0.4 is 15.5 Å². The number of nitrogens with zero attached hydrogens (tertiary/aromatic N) is 3. The molecule has 0 aliphatic carbocycles. The first-order chi connectivity index (χ1) is 10.6. The maximum atomic E-state index is 12.2. The molecule has 1 fully saturated rings. The number of amides is 1. The molecule has 0 spiro atoms. The monoisotopic (exact) mass is 451 g/mol. The number of carbonyl (C=O) groups excluding carboxylic acids is 1. The maximum absolute atomic E-state index is 12.2. The molecule has 1 aliphatic rings. The number of piperazine rings is 1. The van der Waals surface area contributed by atoms with Crippen molar-refractivity contribution in [3.8, 4) is 0 Å². The van der Waals surface area contributed by atoms with Gasteiger partial charge in [0.05, 0.1) is 6.54 Å². The molecule has 128 valence electrons. The summed E-state index contributed by atoms with van der Waals surface area (Å²) in [6, 6.07) is 7.81. The van der Waals surface area contributed by atoms with Crippen molar-refractivity contribution >= 4 is 53.1 Å². The van der Waals surface area contributed by atoms with Gasteiger partial charge in [-0.05, 0) is 24.3 Å². The molecule has 6 nitrogen and oxygen atoms in total. The van der Waals surface area contributed by atoms with Crippen LogP contribution in [-0.4, -0.2) is 63.6 Å². The summed E-state index contributed by atoms with van der Waals surface area (Å²) < 4.78 is 0. The van der Waals surface area contributed by atoms with E-state index < -0.39 is 0 Å². The van der Waals surface area contributed by atoms with Crippen molar-refractivity contribution in [2.45, 2.75) is 0 Å². The van der Waals surface area contributed by atoms with Gasteiger partial charge in [0.2, 0.25) is 5.91 Å². The Kier molecular flexibility index (Phi) is 8.46. The van der Waals surface area contributed by atoms with E-state index in [1.54, 1.807) is 14.1 Å². The van der Waals surface area contributed by atoms with Crippen molar-refractivity contribution in [3.63, 3.8) is 0 Å². The summed E-state index contributed by atoms with van der Waals surface area (Å²) in [5.41, 5.74) is 1.14. The number of rotatable bonds is 3. The van der Waals surface area contributed by atoms with Crippen molar-refractivity contribution in [3.05, 3.63) is 29.3 Å². The van der Waals surface area contributed by atoms with E-state index in [1.807, 2.05) is 29.2 Å². The molecular formula is C15H23ClIN5O. The average Bonchev–Trinajstić information content (AvgIpc) is 2.56. The van der Waals surface area contributed by atoms with Crippen LogP contribution in [-0.2, 0) is 4.79 Å². The summed E-state index contributed by atoms with van der Waals surface area (Å²) in [6.45, 7) is 3.36. The van der Waals surface area contributed by atoms with Gasteiger partial charge in [-0.2, -0.15) is 0 Å². The summed E-state index contributed by atoms with van der Waals surface area (Å²) in [6.07, 6.45) is 0. The Bertz CT molecular complexity index is 529. The number of halogens is 2. The Hall–Kier alpha value is -1.22. The van der Waals surface area contributed by atoms with Gasteiger partial charge < -0.3 is 20.4 Å². The third kappa shape index (κ3) is 5.72. The molecule has 1 heterocycles. The first-order valence-electron chi connectivity index (χ1n) is 7.30. The van der Waals surface area contributed by atoms with Gasteiger partial charge in [-0.1, -0.05) is 11.6 Å². The zero-order chi connectivity index (χ0) is 15.9. The highest BCUT2D eigenvalue weighted by Gasteiger charge is 2.21. The van der Waals surface area contributed by atoms with Crippen molar-refractivity contribution in [1.29, 1.82) is 0 Å². The Balaban J connectivity index is 0.00000264. The maximum Gasteiger partial charge on any atom is 0.242 e. The van der Waals surface area contributed by atoms with E-state index in [0.717, 1.165) is 36.9 Å². The molecule has 1 amide bonds. The molecule has 2 rings (SSSR count). The molecule has 1 saturated heterocycles. The van der Waals surface area contributed by atoms with E-state index in [0.29, 0.717) is 5.96 Å². The molecule has 0 radical (unpaired) electrons. The van der Waals surface area contributed by atoms with Crippen LogP contribution in [0, 0.1) is 0 Å². The number of nitrogens with one attached hydrogen (secondary N) is 2. The molecule has 0 unspecified atom stereocenters. The van der Waals surface area contributed by atoms with Crippen molar-refractivity contribution in [2.24, 2.45) is 4.99 Å². The van der Waals surface area contributed by atoms with Gasteiger partial charge in [0.25, 0.3) is 0 Å². The third-order valence-electron chi connectivity index (χ3n) is 3.69. The zero-order valence-electron chi connectivity index (χ0n) is 13.4. The number of anilines is 1. The first-order valence-corrected chi connectivity index (χ1v) is 7.68. The molecule has 1 aliphatic heterocycles. The number of aliphatic imine (C=N–C) groups is 1. The topological polar surface area (TPSA) is 60.0 Å². The lowest BCUT2D eigenvalue weighted by atomic mass is 10.2. The lowest BCUT2D eigenvalue weighted by Gasteiger charge is -2.36. The fourth-order valence-corrected chi connectivity index (χ4v) is 2.54. The number of carbonyl (C=O) groups is 1. The molecule has 2 N–H and O–H groups in total. The van der Waals surface area contributed by atoms with E-state index in [-0.39, 0.29) is 36.4 Å². The summed E-state index contributed by atoms with van der Waals surface area (Å²) in [7, 11) is 3.44. The van der Waals surface area contributed by atoms with Gasteiger partial charge >= 0.3 is 0 Å². The third-order valence-corrected chi connectivity index (χ3v) is 3.94. The number of guanidine groups is 1. The van der Waals surface area contributed by atoms with Crippen LogP contribution in [0.1, 0.15) is 0 Å². The normalized spacial score (nSPS) is 15.0. The average molecular weight is 452 g/mol. The van der Waals surface area contributed by atoms with Crippen LogP contribution in [0.3, 0.4) is 0 Å².